The molecule has 0 radical (unpaired) electrons. The molecule has 17 heavy (non-hydrogen) atoms. The molecule has 0 bridgehead atoms. The first-order valence-corrected chi connectivity index (χ1v) is 7.11. The zero-order valence-corrected chi connectivity index (χ0v) is 10.8. The van der Waals surface area contributed by atoms with Crippen LogP contribution in [0, 0.1) is 11.3 Å². The number of anilines is 1. The summed E-state index contributed by atoms with van der Waals surface area (Å²) in [5, 5.41) is 13.0. The van der Waals surface area contributed by atoms with Gasteiger partial charge < -0.3 is 5.32 Å². The molecule has 0 saturated heterocycles. The molecule has 0 spiro atoms. The standard InChI is InChI=1S/C13H17N3S/c1-2-17-13-6-5-10(7-13)16-12-4-3-11(8-14)15-9-12/h3-4,9-10,13,16H,2,5-7H2,1H3/t10-,13-/m0/s1. The van der Waals surface area contributed by atoms with Gasteiger partial charge in [0.1, 0.15) is 11.8 Å². The van der Waals surface area contributed by atoms with E-state index in [9.17, 15) is 0 Å². The van der Waals surface area contributed by atoms with Crippen LogP contribution in [0.3, 0.4) is 0 Å². The second-order valence-electron chi connectivity index (χ2n) is 4.28. The molecule has 0 unspecified atom stereocenters. The third-order valence-electron chi connectivity index (χ3n) is 3.04. The van der Waals surface area contributed by atoms with Gasteiger partial charge in [0.25, 0.3) is 0 Å². The molecule has 1 aliphatic carbocycles. The van der Waals surface area contributed by atoms with Crippen molar-refractivity contribution in [3.05, 3.63) is 24.0 Å². The smallest absolute Gasteiger partial charge is 0.140 e. The molecule has 1 N–H and O–H groups in total. The maximum atomic E-state index is 8.67. The van der Waals surface area contributed by atoms with Gasteiger partial charge in [-0.25, -0.2) is 4.98 Å². The summed E-state index contributed by atoms with van der Waals surface area (Å²) in [6, 6.07) is 6.29. The van der Waals surface area contributed by atoms with Gasteiger partial charge in [-0.2, -0.15) is 17.0 Å². The maximum absolute atomic E-state index is 8.67. The Bertz CT molecular complexity index is 396. The highest BCUT2D eigenvalue weighted by Crippen LogP contribution is 2.31. The summed E-state index contributed by atoms with van der Waals surface area (Å²) in [4.78, 5) is 4.07. The lowest BCUT2D eigenvalue weighted by molar-refractivity contribution is 0.756. The van der Waals surface area contributed by atoms with Crippen LogP contribution in [-0.2, 0) is 0 Å². The Morgan fingerprint density at radius 2 is 2.41 bits per heavy atom. The number of thioether (sulfide) groups is 1. The molecule has 0 aliphatic heterocycles. The van der Waals surface area contributed by atoms with Crippen molar-refractivity contribution in [3.8, 4) is 6.07 Å². The predicted octanol–water partition coefficient (Wildman–Crippen LogP) is 3.04. The first kappa shape index (κ1) is 12.3. The normalized spacial score (nSPS) is 23.3. The summed E-state index contributed by atoms with van der Waals surface area (Å²) in [5.74, 6) is 1.20. The molecule has 2 atom stereocenters. The van der Waals surface area contributed by atoms with Gasteiger partial charge in [-0.05, 0) is 37.1 Å². The minimum absolute atomic E-state index is 0.474. The summed E-state index contributed by atoms with van der Waals surface area (Å²) in [6.07, 6.45) is 5.52. The fourth-order valence-corrected chi connectivity index (χ4v) is 3.38. The average Bonchev–Trinajstić information content (AvgIpc) is 2.78. The van der Waals surface area contributed by atoms with E-state index in [1.807, 2.05) is 12.1 Å². The number of hydrogen-bond acceptors (Lipinski definition) is 4. The number of rotatable bonds is 4. The van der Waals surface area contributed by atoms with E-state index >= 15 is 0 Å². The molecule has 1 fully saturated rings. The molecular formula is C13H17N3S. The Hall–Kier alpha value is -1.21. The van der Waals surface area contributed by atoms with Crippen LogP contribution in [0.2, 0.25) is 0 Å². The Kier molecular flexibility index (Phi) is 4.27. The zero-order valence-electron chi connectivity index (χ0n) is 10.0. The van der Waals surface area contributed by atoms with Crippen LogP contribution in [0.25, 0.3) is 0 Å². The lowest BCUT2D eigenvalue weighted by Crippen LogP contribution is -2.16. The van der Waals surface area contributed by atoms with Crippen molar-refractivity contribution in [1.82, 2.24) is 4.98 Å². The van der Waals surface area contributed by atoms with Crippen LogP contribution < -0.4 is 5.32 Å². The van der Waals surface area contributed by atoms with Crippen molar-refractivity contribution >= 4 is 17.4 Å². The van der Waals surface area contributed by atoms with Crippen LogP contribution in [0.4, 0.5) is 5.69 Å². The van der Waals surface area contributed by atoms with E-state index in [2.05, 4.69) is 29.0 Å². The second kappa shape index (κ2) is 5.92. The van der Waals surface area contributed by atoms with Crippen molar-refractivity contribution in [2.45, 2.75) is 37.5 Å². The Morgan fingerprint density at radius 3 is 3.06 bits per heavy atom. The van der Waals surface area contributed by atoms with Crippen molar-refractivity contribution in [1.29, 1.82) is 5.26 Å². The van der Waals surface area contributed by atoms with E-state index < -0.39 is 0 Å². The average molecular weight is 247 g/mol. The maximum Gasteiger partial charge on any atom is 0.140 e. The minimum Gasteiger partial charge on any atom is -0.381 e. The van der Waals surface area contributed by atoms with Gasteiger partial charge in [-0.15, -0.1) is 0 Å². The van der Waals surface area contributed by atoms with Crippen LogP contribution in [0.5, 0.6) is 0 Å². The van der Waals surface area contributed by atoms with Gasteiger partial charge >= 0.3 is 0 Å². The molecule has 0 amide bonds. The Balaban J connectivity index is 1.87. The van der Waals surface area contributed by atoms with E-state index in [1.54, 1.807) is 12.3 Å². The fraction of sp³-hybridized carbons (Fsp3) is 0.538. The summed E-state index contributed by atoms with van der Waals surface area (Å²) in [5.41, 5.74) is 1.50. The van der Waals surface area contributed by atoms with Crippen LogP contribution >= 0.6 is 11.8 Å². The highest BCUT2D eigenvalue weighted by molar-refractivity contribution is 7.99. The molecule has 1 aromatic rings. The van der Waals surface area contributed by atoms with Crippen LogP contribution in [0.1, 0.15) is 31.9 Å². The molecule has 90 valence electrons. The van der Waals surface area contributed by atoms with E-state index in [-0.39, 0.29) is 0 Å². The molecule has 1 heterocycles. The molecule has 0 aromatic carbocycles. The van der Waals surface area contributed by atoms with E-state index in [0.29, 0.717) is 11.7 Å². The number of aromatic nitrogens is 1. The number of pyridine rings is 1. The molecule has 1 aliphatic rings. The second-order valence-corrected chi connectivity index (χ2v) is 5.85. The van der Waals surface area contributed by atoms with Gasteiger partial charge in [-0.3, -0.25) is 0 Å². The fourth-order valence-electron chi connectivity index (χ4n) is 2.24. The molecule has 4 heteroatoms. The van der Waals surface area contributed by atoms with Crippen molar-refractivity contribution in [2.24, 2.45) is 0 Å². The lowest BCUT2D eigenvalue weighted by Gasteiger charge is -2.14. The summed E-state index contributed by atoms with van der Waals surface area (Å²) in [7, 11) is 0. The van der Waals surface area contributed by atoms with E-state index in [1.165, 1.54) is 25.0 Å². The number of nitrogens with zero attached hydrogens (tertiary/aromatic N) is 2. The monoisotopic (exact) mass is 247 g/mol. The topological polar surface area (TPSA) is 48.7 Å². The van der Waals surface area contributed by atoms with Gasteiger partial charge in [0, 0.05) is 11.3 Å². The SMILES string of the molecule is CCS[C@H]1CC[C@H](Nc2ccc(C#N)nc2)C1. The van der Waals surface area contributed by atoms with Crippen molar-refractivity contribution in [2.75, 3.05) is 11.1 Å². The van der Waals surface area contributed by atoms with Crippen molar-refractivity contribution < 1.29 is 0 Å². The highest BCUT2D eigenvalue weighted by Gasteiger charge is 2.24. The first-order chi connectivity index (χ1) is 8.31. The van der Waals surface area contributed by atoms with Crippen LogP contribution in [-0.4, -0.2) is 22.0 Å². The molecule has 2 rings (SSSR count). The summed E-state index contributed by atoms with van der Waals surface area (Å²) in [6.45, 7) is 2.22. The third kappa shape index (κ3) is 3.37. The van der Waals surface area contributed by atoms with Gasteiger partial charge in [0.2, 0.25) is 0 Å². The minimum atomic E-state index is 0.474. The zero-order chi connectivity index (χ0) is 12.1. The van der Waals surface area contributed by atoms with E-state index in [0.717, 1.165) is 10.9 Å². The predicted molar refractivity (Wildman–Crippen MR) is 72.1 cm³/mol. The van der Waals surface area contributed by atoms with Gasteiger partial charge in [0.05, 0.1) is 11.9 Å². The Labute approximate surface area is 107 Å². The van der Waals surface area contributed by atoms with Crippen molar-refractivity contribution in [3.63, 3.8) is 0 Å². The Morgan fingerprint density at radius 1 is 1.53 bits per heavy atom. The number of nitrogens with one attached hydrogen (secondary N) is 1. The molecule has 3 nitrogen and oxygen atoms in total. The van der Waals surface area contributed by atoms with Gasteiger partial charge in [-0.1, -0.05) is 6.92 Å². The number of hydrogen-bond donors (Lipinski definition) is 1. The number of nitriles is 1. The summed E-state index contributed by atoms with van der Waals surface area (Å²) >= 11 is 2.06. The first-order valence-electron chi connectivity index (χ1n) is 6.06. The summed E-state index contributed by atoms with van der Waals surface area (Å²) < 4.78 is 0. The molecule has 1 aromatic heterocycles. The van der Waals surface area contributed by atoms with E-state index in [4.69, 9.17) is 5.26 Å². The van der Waals surface area contributed by atoms with Gasteiger partial charge in [0.15, 0.2) is 0 Å². The third-order valence-corrected chi connectivity index (χ3v) is 4.27. The highest BCUT2D eigenvalue weighted by atomic mass is 32.2. The van der Waals surface area contributed by atoms with Crippen LogP contribution in [0.15, 0.2) is 18.3 Å². The quantitative estimate of drug-likeness (QED) is 0.888. The lowest BCUT2D eigenvalue weighted by atomic mass is 10.2. The largest absolute Gasteiger partial charge is 0.381 e. The molecular weight excluding hydrogens is 230 g/mol. The molecule has 1 saturated carbocycles.